The minimum absolute atomic E-state index is 0.0422. The summed E-state index contributed by atoms with van der Waals surface area (Å²) in [6.45, 7) is 10.0. The van der Waals surface area contributed by atoms with Crippen molar-refractivity contribution >= 4 is 11.9 Å². The van der Waals surface area contributed by atoms with Crippen LogP contribution in [-0.2, 0) is 9.53 Å². The molecule has 1 aromatic rings. The molecule has 0 saturated carbocycles. The molecule has 1 heterocycles. The van der Waals surface area contributed by atoms with Crippen molar-refractivity contribution in [2.24, 2.45) is 11.1 Å². The lowest BCUT2D eigenvalue weighted by Gasteiger charge is -2.31. The molecule has 27 heavy (non-hydrogen) atoms. The Morgan fingerprint density at radius 3 is 2.30 bits per heavy atom. The number of carbonyl (C=O) groups excluding carboxylic acids is 2. The van der Waals surface area contributed by atoms with Gasteiger partial charge in [0.15, 0.2) is 5.60 Å². The van der Waals surface area contributed by atoms with Crippen LogP contribution in [0.1, 0.15) is 82.1 Å². The molecule has 1 unspecified atom stereocenters. The summed E-state index contributed by atoms with van der Waals surface area (Å²) in [6.07, 6.45) is 2.75. The molecular formula is C22H31NO4. The SMILES string of the molecule is CCCC1(CCC)OC(=O)C(C(c2cccc(C(N)=O)c2)C(C)(C)C)=C1O. The molecule has 5 heteroatoms. The third-order valence-electron chi connectivity index (χ3n) is 5.16. The predicted molar refractivity (Wildman–Crippen MR) is 105 cm³/mol. The third kappa shape index (κ3) is 4.02. The third-order valence-corrected chi connectivity index (χ3v) is 5.16. The van der Waals surface area contributed by atoms with E-state index in [0.29, 0.717) is 24.0 Å². The van der Waals surface area contributed by atoms with Crippen LogP contribution in [0.2, 0.25) is 0 Å². The van der Waals surface area contributed by atoms with E-state index in [2.05, 4.69) is 0 Å². The second-order valence-electron chi connectivity index (χ2n) is 8.43. The normalized spacial score (nSPS) is 17.7. The largest absolute Gasteiger partial charge is 0.507 e. The molecule has 3 N–H and O–H groups in total. The van der Waals surface area contributed by atoms with E-state index < -0.39 is 23.4 Å². The highest BCUT2D eigenvalue weighted by molar-refractivity contribution is 5.95. The van der Waals surface area contributed by atoms with Gasteiger partial charge in [-0.1, -0.05) is 59.6 Å². The first-order valence-corrected chi connectivity index (χ1v) is 9.64. The van der Waals surface area contributed by atoms with Crippen molar-refractivity contribution < 1.29 is 19.4 Å². The second-order valence-corrected chi connectivity index (χ2v) is 8.43. The van der Waals surface area contributed by atoms with Crippen molar-refractivity contribution in [2.75, 3.05) is 0 Å². The number of ether oxygens (including phenoxy) is 1. The molecule has 1 aliphatic rings. The molecule has 1 aliphatic heterocycles. The van der Waals surface area contributed by atoms with Crippen LogP contribution < -0.4 is 5.73 Å². The van der Waals surface area contributed by atoms with Gasteiger partial charge in [0.1, 0.15) is 5.76 Å². The summed E-state index contributed by atoms with van der Waals surface area (Å²) >= 11 is 0. The number of aliphatic hydroxyl groups excluding tert-OH is 1. The summed E-state index contributed by atoms with van der Waals surface area (Å²) in [5, 5.41) is 11.1. The van der Waals surface area contributed by atoms with Gasteiger partial charge in [0.05, 0.1) is 5.57 Å². The Bertz CT molecular complexity index is 752. The quantitative estimate of drug-likeness (QED) is 0.682. The summed E-state index contributed by atoms with van der Waals surface area (Å²) in [6, 6.07) is 6.95. The van der Waals surface area contributed by atoms with E-state index in [9.17, 15) is 14.7 Å². The first kappa shape index (κ1) is 21.0. The van der Waals surface area contributed by atoms with E-state index in [-0.39, 0.29) is 11.2 Å². The standard InChI is InChI=1S/C22H31NO4/c1-6-11-22(12-7-2)18(24)16(20(26)27-22)17(21(3,4)5)14-9-8-10-15(13-14)19(23)25/h8-10,13,17,24H,6-7,11-12H2,1-5H3,(H2,23,25). The molecule has 0 fully saturated rings. The number of benzene rings is 1. The smallest absolute Gasteiger partial charge is 0.339 e. The maximum Gasteiger partial charge on any atom is 0.339 e. The monoisotopic (exact) mass is 373 g/mol. The van der Waals surface area contributed by atoms with E-state index >= 15 is 0 Å². The van der Waals surface area contributed by atoms with Gasteiger partial charge >= 0.3 is 5.97 Å². The van der Waals surface area contributed by atoms with Crippen LogP contribution in [0.4, 0.5) is 0 Å². The summed E-state index contributed by atoms with van der Waals surface area (Å²) in [7, 11) is 0. The van der Waals surface area contributed by atoms with Gasteiger partial charge in [-0.2, -0.15) is 0 Å². The van der Waals surface area contributed by atoms with Gasteiger partial charge in [0.2, 0.25) is 5.91 Å². The lowest BCUT2D eigenvalue weighted by atomic mass is 9.71. The number of amides is 1. The first-order chi connectivity index (χ1) is 12.6. The topological polar surface area (TPSA) is 89.6 Å². The zero-order valence-corrected chi connectivity index (χ0v) is 17.0. The Labute approximate surface area is 161 Å². The van der Waals surface area contributed by atoms with Crippen molar-refractivity contribution in [3.8, 4) is 0 Å². The summed E-state index contributed by atoms with van der Waals surface area (Å²) in [4.78, 5) is 24.5. The van der Waals surface area contributed by atoms with Crippen molar-refractivity contribution in [2.45, 2.75) is 71.8 Å². The maximum absolute atomic E-state index is 12.9. The zero-order chi connectivity index (χ0) is 20.4. The molecule has 1 atom stereocenters. The summed E-state index contributed by atoms with van der Waals surface area (Å²) in [5.74, 6) is -1.37. The molecule has 1 amide bonds. The number of cyclic esters (lactones) is 1. The molecule has 148 valence electrons. The summed E-state index contributed by atoms with van der Waals surface area (Å²) < 4.78 is 5.78. The van der Waals surface area contributed by atoms with Crippen LogP contribution in [0.5, 0.6) is 0 Å². The average Bonchev–Trinajstić information content (AvgIpc) is 2.79. The molecular weight excluding hydrogens is 342 g/mol. The van der Waals surface area contributed by atoms with Crippen LogP contribution in [-0.4, -0.2) is 22.6 Å². The molecule has 0 aliphatic carbocycles. The van der Waals surface area contributed by atoms with E-state index in [4.69, 9.17) is 10.5 Å². The fourth-order valence-corrected chi connectivity index (χ4v) is 4.12. The number of carbonyl (C=O) groups is 2. The number of primary amides is 1. The number of nitrogens with two attached hydrogens (primary N) is 1. The van der Waals surface area contributed by atoms with Crippen molar-refractivity contribution in [3.05, 3.63) is 46.7 Å². The second kappa shape index (κ2) is 7.75. The molecule has 0 bridgehead atoms. The van der Waals surface area contributed by atoms with Crippen LogP contribution in [0, 0.1) is 5.41 Å². The molecule has 0 spiro atoms. The zero-order valence-electron chi connectivity index (χ0n) is 17.0. The fourth-order valence-electron chi connectivity index (χ4n) is 4.12. The van der Waals surface area contributed by atoms with E-state index in [1.54, 1.807) is 18.2 Å². The maximum atomic E-state index is 12.9. The first-order valence-electron chi connectivity index (χ1n) is 9.64. The van der Waals surface area contributed by atoms with Gasteiger partial charge in [-0.05, 0) is 36.0 Å². The highest BCUT2D eigenvalue weighted by Crippen LogP contribution is 2.49. The van der Waals surface area contributed by atoms with Gasteiger partial charge in [-0.15, -0.1) is 0 Å². The van der Waals surface area contributed by atoms with Gasteiger partial charge in [-0.25, -0.2) is 4.79 Å². The van der Waals surface area contributed by atoms with Gasteiger partial charge < -0.3 is 15.6 Å². The minimum Gasteiger partial charge on any atom is -0.507 e. The average molecular weight is 373 g/mol. The lowest BCUT2D eigenvalue weighted by Crippen LogP contribution is -2.31. The van der Waals surface area contributed by atoms with Crippen molar-refractivity contribution in [1.29, 1.82) is 0 Å². The Balaban J connectivity index is 2.66. The van der Waals surface area contributed by atoms with Crippen LogP contribution in [0.15, 0.2) is 35.6 Å². The van der Waals surface area contributed by atoms with Gasteiger partial charge in [0, 0.05) is 11.5 Å². The van der Waals surface area contributed by atoms with Crippen LogP contribution in [0.25, 0.3) is 0 Å². The van der Waals surface area contributed by atoms with Crippen LogP contribution in [0.3, 0.4) is 0 Å². The Morgan fingerprint density at radius 1 is 1.22 bits per heavy atom. The van der Waals surface area contributed by atoms with Crippen LogP contribution >= 0.6 is 0 Å². The molecule has 0 aromatic heterocycles. The highest BCUT2D eigenvalue weighted by Gasteiger charge is 2.51. The van der Waals surface area contributed by atoms with Gasteiger partial charge in [0.25, 0.3) is 0 Å². The fraction of sp³-hybridized carbons (Fsp3) is 0.545. The Hall–Kier alpha value is -2.30. The number of hydrogen-bond acceptors (Lipinski definition) is 4. The molecule has 5 nitrogen and oxygen atoms in total. The molecule has 0 radical (unpaired) electrons. The molecule has 2 rings (SSSR count). The Morgan fingerprint density at radius 2 is 1.81 bits per heavy atom. The molecule has 1 aromatic carbocycles. The van der Waals surface area contributed by atoms with E-state index in [1.165, 1.54) is 0 Å². The van der Waals surface area contributed by atoms with Crippen molar-refractivity contribution in [3.63, 3.8) is 0 Å². The number of esters is 1. The van der Waals surface area contributed by atoms with Gasteiger partial charge in [-0.3, -0.25) is 4.79 Å². The number of aliphatic hydroxyl groups is 1. The van der Waals surface area contributed by atoms with E-state index in [0.717, 1.165) is 18.4 Å². The highest BCUT2D eigenvalue weighted by atomic mass is 16.6. The predicted octanol–water partition coefficient (Wildman–Crippen LogP) is 4.62. The lowest BCUT2D eigenvalue weighted by molar-refractivity contribution is -0.150. The van der Waals surface area contributed by atoms with Crippen molar-refractivity contribution in [1.82, 2.24) is 0 Å². The number of hydrogen-bond donors (Lipinski definition) is 2. The molecule has 0 saturated heterocycles. The summed E-state index contributed by atoms with van der Waals surface area (Å²) in [5.41, 5.74) is 5.54. The Kier molecular flexibility index (Phi) is 6.03. The number of rotatable bonds is 7. The minimum atomic E-state index is -0.944. The van der Waals surface area contributed by atoms with E-state index in [1.807, 2.05) is 40.7 Å².